The molecule has 21 heavy (non-hydrogen) atoms. The van der Waals surface area contributed by atoms with Crippen LogP contribution in [0.5, 0.6) is 17.2 Å². The largest absolute Gasteiger partial charge is 0.486 e. The molecule has 0 aromatic heterocycles. The number of fused-ring (bicyclic) bond motifs is 1. The zero-order chi connectivity index (χ0) is 14.0. The summed E-state index contributed by atoms with van der Waals surface area (Å²) in [6.45, 7) is 2.96. The number of hydrogen-bond donors (Lipinski definition) is 1. The van der Waals surface area contributed by atoms with Gasteiger partial charge in [0.25, 0.3) is 0 Å². The summed E-state index contributed by atoms with van der Waals surface area (Å²) in [5.41, 5.74) is 9.22. The molecular formula is C15H17NO5. The average Bonchev–Trinajstić information content (AvgIpc) is 3.35. The van der Waals surface area contributed by atoms with Crippen molar-refractivity contribution >= 4 is 5.69 Å². The Balaban J connectivity index is 1.51. The van der Waals surface area contributed by atoms with Gasteiger partial charge in [-0.3, -0.25) is 0 Å². The number of rotatable bonds is 7. The summed E-state index contributed by atoms with van der Waals surface area (Å²) in [6, 6.07) is 0. The van der Waals surface area contributed by atoms with Gasteiger partial charge in [0.1, 0.15) is 12.7 Å². The van der Waals surface area contributed by atoms with E-state index < -0.39 is 0 Å². The van der Waals surface area contributed by atoms with Crippen LogP contribution >= 0.6 is 0 Å². The van der Waals surface area contributed by atoms with Crippen LogP contribution in [-0.2, 0) is 27.1 Å². The van der Waals surface area contributed by atoms with Gasteiger partial charge in [-0.25, -0.2) is 0 Å². The van der Waals surface area contributed by atoms with E-state index in [1.165, 1.54) is 0 Å². The van der Waals surface area contributed by atoms with Crippen LogP contribution in [0.3, 0.4) is 0 Å². The molecule has 6 nitrogen and oxygen atoms in total. The molecule has 3 fully saturated rings. The van der Waals surface area contributed by atoms with Crippen molar-refractivity contribution in [2.75, 3.05) is 32.2 Å². The molecule has 3 saturated heterocycles. The Morgan fingerprint density at radius 2 is 1.52 bits per heavy atom. The summed E-state index contributed by atoms with van der Waals surface area (Å²) in [6.07, 6.45) is 2.42. The number of ether oxygens (including phenoxy) is 5. The number of benzene rings is 1. The zero-order valence-corrected chi connectivity index (χ0v) is 11.6. The average molecular weight is 291 g/mol. The molecule has 3 unspecified atom stereocenters. The Labute approximate surface area is 122 Å². The molecular weight excluding hydrogens is 274 g/mol. The third-order valence-corrected chi connectivity index (χ3v) is 4.27. The molecule has 4 heterocycles. The molecule has 0 spiro atoms. The van der Waals surface area contributed by atoms with Crippen LogP contribution in [0.2, 0.25) is 0 Å². The van der Waals surface area contributed by atoms with E-state index >= 15 is 0 Å². The topological polar surface area (TPSA) is 85.4 Å². The summed E-state index contributed by atoms with van der Waals surface area (Å²) in [5.74, 6) is 2.41. The minimum absolute atomic E-state index is 0.220. The lowest BCUT2D eigenvalue weighted by Crippen LogP contribution is -2.10. The first-order chi connectivity index (χ1) is 10.3. The molecule has 4 aliphatic rings. The third-order valence-electron chi connectivity index (χ3n) is 4.27. The van der Waals surface area contributed by atoms with E-state index in [1.807, 2.05) is 0 Å². The smallest absolute Gasteiger partial charge is 0.214 e. The van der Waals surface area contributed by atoms with Crippen molar-refractivity contribution in [1.82, 2.24) is 0 Å². The fourth-order valence-corrected chi connectivity index (χ4v) is 2.75. The first kappa shape index (κ1) is 12.1. The van der Waals surface area contributed by atoms with Crippen molar-refractivity contribution in [1.29, 1.82) is 0 Å². The van der Waals surface area contributed by atoms with E-state index in [-0.39, 0.29) is 18.3 Å². The van der Waals surface area contributed by atoms with Crippen molar-refractivity contribution in [2.24, 2.45) is 0 Å². The maximum atomic E-state index is 6.24. The first-order valence-corrected chi connectivity index (χ1v) is 7.42. The monoisotopic (exact) mass is 291 g/mol. The maximum Gasteiger partial charge on any atom is 0.214 e. The molecule has 0 aliphatic carbocycles. The highest BCUT2D eigenvalue weighted by Gasteiger charge is 2.40. The van der Waals surface area contributed by atoms with E-state index in [0.717, 1.165) is 66.7 Å². The van der Waals surface area contributed by atoms with Gasteiger partial charge in [-0.2, -0.15) is 0 Å². The predicted molar refractivity (Wildman–Crippen MR) is 73.1 cm³/mol. The van der Waals surface area contributed by atoms with E-state index in [2.05, 4.69) is 0 Å². The summed E-state index contributed by atoms with van der Waals surface area (Å²) < 4.78 is 27.5. The molecule has 3 atom stereocenters. The highest BCUT2D eigenvalue weighted by Crippen LogP contribution is 2.60. The van der Waals surface area contributed by atoms with E-state index in [1.54, 1.807) is 0 Å². The van der Waals surface area contributed by atoms with Gasteiger partial charge in [0.15, 0.2) is 11.5 Å². The van der Waals surface area contributed by atoms with Crippen molar-refractivity contribution in [3.63, 3.8) is 0 Å². The molecule has 1 aromatic rings. The second-order valence-corrected chi connectivity index (χ2v) is 6.05. The Morgan fingerprint density at radius 1 is 0.905 bits per heavy atom. The summed E-state index contributed by atoms with van der Waals surface area (Å²) in [4.78, 5) is 0. The van der Waals surface area contributed by atoms with E-state index in [9.17, 15) is 0 Å². The van der Waals surface area contributed by atoms with Crippen LogP contribution in [0, 0.1) is 0 Å². The quantitative estimate of drug-likeness (QED) is 0.606. The zero-order valence-electron chi connectivity index (χ0n) is 11.6. The Morgan fingerprint density at radius 3 is 2.14 bits per heavy atom. The standard InChI is InChI=1S/C15H17NO5/c16-12-10(1-7-3-17-7)11(2-8-4-18-8)13(15-14(12)21-15)20-6-9-5-19-9/h7-9H,1-6,16H2. The molecule has 2 N–H and O–H groups in total. The van der Waals surface area contributed by atoms with Gasteiger partial charge in [0.2, 0.25) is 5.75 Å². The normalized spacial score (nSPS) is 30.4. The number of anilines is 1. The van der Waals surface area contributed by atoms with Crippen LogP contribution < -0.4 is 15.2 Å². The van der Waals surface area contributed by atoms with Crippen LogP contribution in [0.4, 0.5) is 5.69 Å². The minimum atomic E-state index is 0.220. The predicted octanol–water partition coefficient (Wildman–Crippen LogP) is 1.03. The second kappa shape index (κ2) is 4.25. The summed E-state index contributed by atoms with van der Waals surface area (Å²) >= 11 is 0. The Bertz CT molecular complexity index is 605. The summed E-state index contributed by atoms with van der Waals surface area (Å²) in [7, 11) is 0. The molecule has 4 aliphatic heterocycles. The van der Waals surface area contributed by atoms with Gasteiger partial charge in [0.05, 0.1) is 37.7 Å². The fraction of sp³-hybridized carbons (Fsp3) is 0.600. The van der Waals surface area contributed by atoms with Gasteiger partial charge >= 0.3 is 0 Å². The van der Waals surface area contributed by atoms with Gasteiger partial charge < -0.3 is 29.4 Å². The lowest BCUT2D eigenvalue weighted by Gasteiger charge is -2.14. The van der Waals surface area contributed by atoms with Crippen molar-refractivity contribution in [3.05, 3.63) is 11.1 Å². The van der Waals surface area contributed by atoms with Gasteiger partial charge in [-0.1, -0.05) is 0 Å². The molecule has 0 bridgehead atoms. The first-order valence-electron chi connectivity index (χ1n) is 7.42. The Kier molecular flexibility index (Phi) is 2.45. The van der Waals surface area contributed by atoms with Crippen molar-refractivity contribution in [2.45, 2.75) is 31.2 Å². The van der Waals surface area contributed by atoms with Crippen LogP contribution in [-0.4, -0.2) is 44.7 Å². The second-order valence-electron chi connectivity index (χ2n) is 6.05. The lowest BCUT2D eigenvalue weighted by atomic mass is 9.96. The number of hydrogen-bond acceptors (Lipinski definition) is 6. The molecule has 6 heteroatoms. The fourth-order valence-electron chi connectivity index (χ4n) is 2.75. The third kappa shape index (κ3) is 2.33. The van der Waals surface area contributed by atoms with Crippen LogP contribution in [0.25, 0.3) is 0 Å². The highest BCUT2D eigenvalue weighted by molar-refractivity contribution is 5.81. The van der Waals surface area contributed by atoms with Gasteiger partial charge in [-0.15, -0.1) is 0 Å². The summed E-state index contributed by atoms with van der Waals surface area (Å²) in [5, 5.41) is 0. The van der Waals surface area contributed by atoms with Crippen LogP contribution in [0.1, 0.15) is 11.1 Å². The van der Waals surface area contributed by atoms with E-state index in [0.29, 0.717) is 6.61 Å². The Hall–Kier alpha value is -1.50. The molecule has 0 saturated carbocycles. The molecule has 1 aromatic carbocycles. The highest BCUT2D eigenvalue weighted by atomic mass is 16.6. The van der Waals surface area contributed by atoms with Gasteiger partial charge in [-0.05, 0) is 5.56 Å². The molecule has 112 valence electrons. The molecule has 5 rings (SSSR count). The number of epoxide rings is 3. The maximum absolute atomic E-state index is 6.24. The number of nitrogen functional groups attached to an aromatic ring is 1. The molecule has 0 amide bonds. The van der Waals surface area contributed by atoms with Crippen LogP contribution in [0.15, 0.2) is 0 Å². The lowest BCUT2D eigenvalue weighted by molar-refractivity contribution is 0.258. The van der Waals surface area contributed by atoms with E-state index in [4.69, 9.17) is 29.4 Å². The van der Waals surface area contributed by atoms with Crippen molar-refractivity contribution < 1.29 is 23.7 Å². The van der Waals surface area contributed by atoms with Crippen molar-refractivity contribution in [3.8, 4) is 17.2 Å². The molecule has 0 radical (unpaired) electrons. The SMILES string of the molecule is Nc1c(CC2CO2)c(CC2CO2)c(OCC2CO2)c2c1O2. The minimum Gasteiger partial charge on any atom is -0.486 e. The van der Waals surface area contributed by atoms with Gasteiger partial charge in [0, 0.05) is 18.4 Å². The number of nitrogens with two attached hydrogens (primary N) is 1.